The summed E-state index contributed by atoms with van der Waals surface area (Å²) in [6.45, 7) is 6.47. The number of hydrogen-bond acceptors (Lipinski definition) is 6. The van der Waals surface area contributed by atoms with E-state index in [9.17, 15) is 0 Å². The number of piperidine rings is 1. The summed E-state index contributed by atoms with van der Waals surface area (Å²) in [6.07, 6.45) is 7.11. The number of aromatic nitrogens is 1. The molecule has 1 atom stereocenters. The standard InChI is InChI=1S/C31H38N4O2S/c1-38-28-9-7-23(8-10-28)32-15-3-4-26-20-29-30(5-2-6-31(29)35(26)21-27-22-37-27)33-24-11-16-34(17-12-24)25-13-18-36-19-14-25/h2,5-10,20,24-25,27,32-33H,11-19,21-22H2,1H3. The molecule has 2 aromatic carbocycles. The summed E-state index contributed by atoms with van der Waals surface area (Å²) in [5.41, 5.74) is 4.60. The van der Waals surface area contributed by atoms with Crippen LogP contribution < -0.4 is 10.6 Å². The second-order valence-electron chi connectivity index (χ2n) is 10.5. The van der Waals surface area contributed by atoms with Gasteiger partial charge in [-0.2, -0.15) is 0 Å². The molecule has 3 aliphatic rings. The lowest BCUT2D eigenvalue weighted by Crippen LogP contribution is -2.46. The molecule has 7 heteroatoms. The highest BCUT2D eigenvalue weighted by atomic mass is 32.2. The van der Waals surface area contributed by atoms with Gasteiger partial charge in [0.15, 0.2) is 0 Å². The minimum Gasteiger partial charge on any atom is -0.382 e. The van der Waals surface area contributed by atoms with Gasteiger partial charge in [-0.25, -0.2) is 0 Å². The van der Waals surface area contributed by atoms with Crippen LogP contribution in [-0.2, 0) is 16.0 Å². The molecule has 1 unspecified atom stereocenters. The zero-order valence-corrected chi connectivity index (χ0v) is 23.1. The van der Waals surface area contributed by atoms with Crippen molar-refractivity contribution in [2.75, 3.05) is 56.3 Å². The second kappa shape index (κ2) is 12.0. The van der Waals surface area contributed by atoms with E-state index in [4.69, 9.17) is 9.47 Å². The normalized spacial score (nSPS) is 20.7. The van der Waals surface area contributed by atoms with Crippen molar-refractivity contribution in [1.29, 1.82) is 0 Å². The number of fused-ring (bicyclic) bond motifs is 1. The molecule has 3 saturated heterocycles. The van der Waals surface area contributed by atoms with Gasteiger partial charge in [0.25, 0.3) is 0 Å². The van der Waals surface area contributed by atoms with Crippen molar-refractivity contribution in [1.82, 2.24) is 9.47 Å². The van der Waals surface area contributed by atoms with E-state index in [-0.39, 0.29) is 0 Å². The van der Waals surface area contributed by atoms with E-state index in [1.165, 1.54) is 60.3 Å². The predicted octanol–water partition coefficient (Wildman–Crippen LogP) is 5.28. The first-order chi connectivity index (χ1) is 18.8. The van der Waals surface area contributed by atoms with Crippen LogP contribution in [-0.4, -0.2) is 73.4 Å². The molecule has 2 N–H and O–H groups in total. The van der Waals surface area contributed by atoms with E-state index in [1.54, 1.807) is 11.8 Å². The van der Waals surface area contributed by atoms with Gasteiger partial charge >= 0.3 is 0 Å². The summed E-state index contributed by atoms with van der Waals surface area (Å²) in [4.78, 5) is 3.95. The van der Waals surface area contributed by atoms with E-state index in [2.05, 4.69) is 86.7 Å². The Labute approximate surface area is 230 Å². The van der Waals surface area contributed by atoms with Gasteiger partial charge in [-0.05, 0) is 80.3 Å². The number of thioether (sulfide) groups is 1. The Morgan fingerprint density at radius 3 is 2.55 bits per heavy atom. The molecule has 0 aliphatic carbocycles. The Morgan fingerprint density at radius 1 is 1.03 bits per heavy atom. The van der Waals surface area contributed by atoms with Crippen molar-refractivity contribution in [2.45, 2.75) is 55.3 Å². The topological polar surface area (TPSA) is 54.0 Å². The Morgan fingerprint density at radius 2 is 1.82 bits per heavy atom. The molecule has 3 aliphatic heterocycles. The quantitative estimate of drug-likeness (QED) is 0.235. The van der Waals surface area contributed by atoms with Crippen LogP contribution in [0.4, 0.5) is 11.4 Å². The molecular weight excluding hydrogens is 492 g/mol. The van der Waals surface area contributed by atoms with Crippen LogP contribution in [0, 0.1) is 11.8 Å². The van der Waals surface area contributed by atoms with Crippen molar-refractivity contribution >= 4 is 34.0 Å². The van der Waals surface area contributed by atoms with E-state index in [0.717, 1.165) is 37.7 Å². The average molecular weight is 531 g/mol. The first-order valence-electron chi connectivity index (χ1n) is 14.0. The SMILES string of the molecule is CSc1ccc(NCC#Cc2cc3c(NC4CCN(C5CCOCC5)CC4)cccc3n2CC2CO2)cc1. The van der Waals surface area contributed by atoms with Crippen molar-refractivity contribution in [2.24, 2.45) is 0 Å². The fourth-order valence-corrected chi connectivity index (χ4v) is 6.16. The van der Waals surface area contributed by atoms with Gasteiger partial charge in [0.05, 0.1) is 37.0 Å². The number of nitrogens with one attached hydrogen (secondary N) is 2. The lowest BCUT2D eigenvalue weighted by atomic mass is 9.99. The fraction of sp³-hybridized carbons (Fsp3) is 0.484. The molecule has 6 rings (SSSR count). The van der Waals surface area contributed by atoms with Crippen molar-refractivity contribution in [3.63, 3.8) is 0 Å². The van der Waals surface area contributed by atoms with Gasteiger partial charge in [0.1, 0.15) is 0 Å². The molecule has 6 nitrogen and oxygen atoms in total. The number of epoxide rings is 1. The minimum absolute atomic E-state index is 0.297. The molecule has 1 aromatic heterocycles. The summed E-state index contributed by atoms with van der Waals surface area (Å²) in [5, 5.41) is 8.58. The molecule has 0 saturated carbocycles. The van der Waals surface area contributed by atoms with E-state index in [1.807, 2.05) is 0 Å². The zero-order chi connectivity index (χ0) is 25.7. The summed E-state index contributed by atoms with van der Waals surface area (Å²) < 4.78 is 13.5. The van der Waals surface area contributed by atoms with E-state index >= 15 is 0 Å². The van der Waals surface area contributed by atoms with Gasteiger partial charge < -0.3 is 29.6 Å². The highest BCUT2D eigenvalue weighted by Crippen LogP contribution is 2.31. The third-order valence-electron chi connectivity index (χ3n) is 8.02. The van der Waals surface area contributed by atoms with Crippen LogP contribution in [0.5, 0.6) is 0 Å². The van der Waals surface area contributed by atoms with Crippen LogP contribution in [0.2, 0.25) is 0 Å². The summed E-state index contributed by atoms with van der Waals surface area (Å²) >= 11 is 1.75. The number of anilines is 2. The van der Waals surface area contributed by atoms with Crippen LogP contribution in [0.15, 0.2) is 53.4 Å². The Bertz CT molecular complexity index is 1280. The fourth-order valence-electron chi connectivity index (χ4n) is 5.76. The first kappa shape index (κ1) is 25.6. The summed E-state index contributed by atoms with van der Waals surface area (Å²) in [6, 6.07) is 18.6. The molecule has 200 valence electrons. The number of benzene rings is 2. The molecule has 3 aromatic rings. The molecule has 0 radical (unpaired) electrons. The molecule has 4 heterocycles. The predicted molar refractivity (Wildman–Crippen MR) is 157 cm³/mol. The Hall–Kier alpha value is -2.63. The largest absolute Gasteiger partial charge is 0.382 e. The third kappa shape index (κ3) is 6.16. The smallest absolute Gasteiger partial charge is 0.0988 e. The maximum atomic E-state index is 5.59. The number of likely N-dealkylation sites (tertiary alicyclic amines) is 1. The maximum absolute atomic E-state index is 5.59. The van der Waals surface area contributed by atoms with Gasteiger partial charge in [0, 0.05) is 60.0 Å². The van der Waals surface area contributed by atoms with Gasteiger partial charge in [-0.3, -0.25) is 0 Å². The van der Waals surface area contributed by atoms with Crippen molar-refractivity contribution < 1.29 is 9.47 Å². The van der Waals surface area contributed by atoms with E-state index in [0.29, 0.717) is 24.7 Å². The summed E-state index contributed by atoms with van der Waals surface area (Å²) in [7, 11) is 0. The molecule has 0 bridgehead atoms. The van der Waals surface area contributed by atoms with Crippen LogP contribution >= 0.6 is 11.8 Å². The third-order valence-corrected chi connectivity index (χ3v) is 8.76. The van der Waals surface area contributed by atoms with Gasteiger partial charge in [-0.1, -0.05) is 12.0 Å². The van der Waals surface area contributed by atoms with Crippen LogP contribution in [0.3, 0.4) is 0 Å². The highest BCUT2D eigenvalue weighted by molar-refractivity contribution is 7.98. The Balaban J connectivity index is 1.15. The average Bonchev–Trinajstić information content (AvgIpc) is 3.73. The van der Waals surface area contributed by atoms with E-state index < -0.39 is 0 Å². The summed E-state index contributed by atoms with van der Waals surface area (Å²) in [5.74, 6) is 6.80. The molecule has 0 amide bonds. The van der Waals surface area contributed by atoms with Gasteiger partial charge in [0.2, 0.25) is 0 Å². The number of rotatable bonds is 8. The molecule has 38 heavy (non-hydrogen) atoms. The van der Waals surface area contributed by atoms with Crippen LogP contribution in [0.1, 0.15) is 31.4 Å². The maximum Gasteiger partial charge on any atom is 0.0988 e. The number of hydrogen-bond donors (Lipinski definition) is 2. The molecule has 3 fully saturated rings. The monoisotopic (exact) mass is 530 g/mol. The lowest BCUT2D eigenvalue weighted by Gasteiger charge is -2.39. The van der Waals surface area contributed by atoms with Gasteiger partial charge in [-0.15, -0.1) is 11.8 Å². The van der Waals surface area contributed by atoms with Crippen LogP contribution in [0.25, 0.3) is 10.9 Å². The minimum atomic E-state index is 0.297. The van der Waals surface area contributed by atoms with Crippen molar-refractivity contribution in [3.8, 4) is 11.8 Å². The number of ether oxygens (including phenoxy) is 2. The first-order valence-corrected chi connectivity index (χ1v) is 15.2. The molecule has 0 spiro atoms. The molecular formula is C31H38N4O2S. The highest BCUT2D eigenvalue weighted by Gasteiger charge is 2.28. The lowest BCUT2D eigenvalue weighted by molar-refractivity contribution is 0.0262. The van der Waals surface area contributed by atoms with Crippen molar-refractivity contribution in [3.05, 3.63) is 54.2 Å². The zero-order valence-electron chi connectivity index (χ0n) is 22.2. The number of nitrogens with zero attached hydrogens (tertiary/aromatic N) is 2. The second-order valence-corrected chi connectivity index (χ2v) is 11.4. The Kier molecular flexibility index (Phi) is 8.13.